The summed E-state index contributed by atoms with van der Waals surface area (Å²) in [4.78, 5) is 116. The maximum absolute atomic E-state index is 14.3. The van der Waals surface area contributed by atoms with E-state index < -0.39 is 84.1 Å². The summed E-state index contributed by atoms with van der Waals surface area (Å²) in [5, 5.41) is 25.5. The molecule has 0 fully saturated rings. The molecule has 2 aromatic heterocycles. The molecule has 0 aliphatic heterocycles. The van der Waals surface area contributed by atoms with E-state index >= 15 is 0 Å². The van der Waals surface area contributed by atoms with Gasteiger partial charge in [0.15, 0.2) is 5.96 Å². The Hall–Kier alpha value is -7.94. The Morgan fingerprint density at radius 1 is 0.783 bits per heavy atom. The molecule has 3 aromatic carbocycles. The SMILES string of the molecule is CCCC[C@H](NC(C)=O)C(=O)N[C@@H](CC(=O)O)C(=O)n1cnc(C[C@H](N)C(=O)N[C@H](Cc2ccc3ccccc3c2)C(=O)N[C@@H](CCCN=C(N)N)C(=O)N[C@H](C=O)Cc2c[nH]c3ccccc23)c1. The number of para-hydroxylation sites is 1. The van der Waals surface area contributed by atoms with Gasteiger partial charge in [-0.2, -0.15) is 0 Å². The van der Waals surface area contributed by atoms with Gasteiger partial charge >= 0.3 is 5.97 Å². The van der Waals surface area contributed by atoms with Crippen LogP contribution < -0.4 is 43.8 Å². The molecule has 0 radical (unpaired) electrons. The van der Waals surface area contributed by atoms with Crippen LogP contribution in [0.4, 0.5) is 0 Å². The Labute approximate surface area is 397 Å². The first-order valence-electron chi connectivity index (χ1n) is 22.6. The second-order valence-electron chi connectivity index (χ2n) is 16.7. The van der Waals surface area contributed by atoms with Gasteiger partial charge in [0.2, 0.25) is 29.5 Å². The van der Waals surface area contributed by atoms with E-state index in [1.807, 2.05) is 73.7 Å². The van der Waals surface area contributed by atoms with Gasteiger partial charge in [-0.15, -0.1) is 0 Å². The minimum Gasteiger partial charge on any atom is -0.481 e. The summed E-state index contributed by atoms with van der Waals surface area (Å²) in [6.07, 6.45) is 5.71. The van der Waals surface area contributed by atoms with Gasteiger partial charge in [0.05, 0.1) is 24.2 Å². The van der Waals surface area contributed by atoms with Crippen molar-refractivity contribution in [1.82, 2.24) is 41.1 Å². The average Bonchev–Trinajstić information content (AvgIpc) is 3.96. The van der Waals surface area contributed by atoms with Gasteiger partial charge in [-0.25, -0.2) is 4.98 Å². The van der Waals surface area contributed by atoms with Crippen LogP contribution in [0.25, 0.3) is 21.7 Å². The third kappa shape index (κ3) is 15.6. The van der Waals surface area contributed by atoms with E-state index in [4.69, 9.17) is 17.2 Å². The van der Waals surface area contributed by atoms with Gasteiger partial charge in [0.25, 0.3) is 5.91 Å². The number of amides is 5. The fourth-order valence-electron chi connectivity index (χ4n) is 7.74. The van der Waals surface area contributed by atoms with Crippen molar-refractivity contribution in [3.8, 4) is 0 Å². The van der Waals surface area contributed by atoms with Crippen LogP contribution in [0.5, 0.6) is 0 Å². The minimum atomic E-state index is -1.54. The van der Waals surface area contributed by atoms with E-state index in [0.717, 1.165) is 44.6 Å². The number of hydrogen-bond acceptors (Lipinski definition) is 11. The number of unbranched alkanes of at least 4 members (excludes halogenated alkanes) is 1. The minimum absolute atomic E-state index is 0.0317. The quantitative estimate of drug-likeness (QED) is 0.0160. The summed E-state index contributed by atoms with van der Waals surface area (Å²) in [5.74, 6) is -5.75. The molecule has 366 valence electrons. The summed E-state index contributed by atoms with van der Waals surface area (Å²) >= 11 is 0. The number of imidazole rings is 1. The van der Waals surface area contributed by atoms with E-state index in [1.165, 1.54) is 13.1 Å². The summed E-state index contributed by atoms with van der Waals surface area (Å²) in [5.41, 5.74) is 19.9. The molecule has 5 rings (SSSR count). The number of carboxylic acids is 1. The van der Waals surface area contributed by atoms with Crippen molar-refractivity contribution in [2.24, 2.45) is 22.2 Å². The number of carbonyl (C=O) groups is 8. The summed E-state index contributed by atoms with van der Waals surface area (Å²) in [7, 11) is 0. The lowest BCUT2D eigenvalue weighted by Gasteiger charge is -2.25. The summed E-state index contributed by atoms with van der Waals surface area (Å²) in [6, 6.07) is 13.3. The Morgan fingerprint density at radius 2 is 1.43 bits per heavy atom. The van der Waals surface area contributed by atoms with Gasteiger partial charge in [-0.3, -0.25) is 43.1 Å². The largest absolute Gasteiger partial charge is 0.481 e. The molecule has 0 bridgehead atoms. The van der Waals surface area contributed by atoms with Crippen molar-refractivity contribution >= 4 is 75.3 Å². The van der Waals surface area contributed by atoms with Gasteiger partial charge in [0, 0.05) is 56.0 Å². The number of fused-ring (bicyclic) bond motifs is 2. The zero-order chi connectivity index (χ0) is 50.0. The molecule has 21 heteroatoms. The van der Waals surface area contributed by atoms with Crippen molar-refractivity contribution in [1.29, 1.82) is 0 Å². The Kier molecular flexibility index (Phi) is 19.1. The Balaban J connectivity index is 1.33. The molecular weight excluding hydrogens is 889 g/mol. The number of hydrogen-bond donors (Lipinski definition) is 10. The standard InChI is InChI=1S/C48H60N12O9/c1-3-4-13-38(55-28(2)62)45(67)59-41(23-42(63)64)47(69)60-25-33(54-27-60)22-36(49)43(65)58-40(20-29-16-17-30-10-5-6-11-31(30)19-29)46(68)57-39(15-9-18-52-48(50)51)44(66)56-34(26-61)21-32-24-53-37-14-8-7-12-35(32)37/h5-8,10-12,14,16-17,19,24-27,34,36,38-41,53H,3-4,9,13,15,18,20-23,49H2,1-2H3,(H,55,62)(H,56,66)(H,57,68)(H,58,65)(H,59,67)(H,63,64)(H4,50,51,52)/t34-,36-,38-,39-,40+,41-/m0/s1. The molecule has 0 saturated heterocycles. The maximum Gasteiger partial charge on any atom is 0.305 e. The van der Waals surface area contributed by atoms with Crippen LogP contribution in [0.2, 0.25) is 0 Å². The Morgan fingerprint density at radius 3 is 2.14 bits per heavy atom. The lowest BCUT2D eigenvalue weighted by Crippen LogP contribution is -2.57. The number of aliphatic carboxylic acids is 1. The number of guanidine groups is 1. The normalized spacial score (nSPS) is 13.7. The molecule has 6 atom stereocenters. The summed E-state index contributed by atoms with van der Waals surface area (Å²) in [6.45, 7) is 3.27. The molecule has 69 heavy (non-hydrogen) atoms. The van der Waals surface area contributed by atoms with E-state index in [1.54, 1.807) is 6.20 Å². The van der Waals surface area contributed by atoms with Crippen molar-refractivity contribution in [2.45, 2.75) is 108 Å². The fourth-order valence-corrected chi connectivity index (χ4v) is 7.74. The average molecular weight is 949 g/mol. The number of benzene rings is 3. The number of aromatic amines is 1. The van der Waals surface area contributed by atoms with Gasteiger partial charge in [-0.1, -0.05) is 80.4 Å². The highest BCUT2D eigenvalue weighted by Gasteiger charge is 2.32. The molecule has 0 saturated carbocycles. The molecule has 0 unspecified atom stereocenters. The monoisotopic (exact) mass is 948 g/mol. The van der Waals surface area contributed by atoms with Crippen LogP contribution in [-0.2, 0) is 52.8 Å². The number of nitrogens with one attached hydrogen (secondary N) is 6. The van der Waals surface area contributed by atoms with Crippen LogP contribution in [0.15, 0.2) is 90.4 Å². The van der Waals surface area contributed by atoms with Gasteiger partial charge in [0.1, 0.15) is 36.8 Å². The number of nitrogens with zero attached hydrogens (tertiary/aromatic N) is 3. The van der Waals surface area contributed by atoms with Crippen LogP contribution in [0.1, 0.15) is 74.0 Å². The van der Waals surface area contributed by atoms with Crippen molar-refractivity contribution in [3.63, 3.8) is 0 Å². The molecule has 5 amide bonds. The predicted octanol–water partition coefficient (Wildman–Crippen LogP) is 0.874. The second kappa shape index (κ2) is 25.3. The highest BCUT2D eigenvalue weighted by molar-refractivity contribution is 5.96. The van der Waals surface area contributed by atoms with E-state index in [0.29, 0.717) is 18.3 Å². The number of rotatable bonds is 26. The zero-order valence-corrected chi connectivity index (χ0v) is 38.5. The second-order valence-corrected chi connectivity index (χ2v) is 16.7. The predicted molar refractivity (Wildman–Crippen MR) is 257 cm³/mol. The van der Waals surface area contributed by atoms with Gasteiger partial charge in [-0.05, 0) is 47.2 Å². The molecule has 0 aliphatic carbocycles. The van der Waals surface area contributed by atoms with Crippen LogP contribution >= 0.6 is 0 Å². The zero-order valence-electron chi connectivity index (χ0n) is 38.5. The highest BCUT2D eigenvalue weighted by atomic mass is 16.4. The smallest absolute Gasteiger partial charge is 0.305 e. The lowest BCUT2D eigenvalue weighted by molar-refractivity contribution is -0.138. The maximum atomic E-state index is 14.3. The first kappa shape index (κ1) is 52.0. The van der Waals surface area contributed by atoms with Crippen molar-refractivity contribution in [3.05, 3.63) is 102 Å². The fraction of sp³-hybridized carbons (Fsp3) is 0.375. The number of carboxylic acid groups (broad SMARTS) is 1. The van der Waals surface area contributed by atoms with Crippen LogP contribution in [0.3, 0.4) is 0 Å². The molecule has 21 nitrogen and oxygen atoms in total. The highest BCUT2D eigenvalue weighted by Crippen LogP contribution is 2.20. The van der Waals surface area contributed by atoms with Crippen LogP contribution in [-0.4, -0.2) is 116 Å². The number of aldehydes is 1. The number of nitrogens with two attached hydrogens (primary N) is 3. The number of aliphatic imine (C=N–C) groups is 1. The topological polar surface area (TPSA) is 341 Å². The molecule has 2 heterocycles. The van der Waals surface area contributed by atoms with E-state index in [-0.39, 0.29) is 56.7 Å². The van der Waals surface area contributed by atoms with E-state index in [2.05, 4.69) is 41.5 Å². The molecule has 0 spiro atoms. The molecule has 13 N–H and O–H groups in total. The first-order chi connectivity index (χ1) is 33.0. The third-order valence-electron chi connectivity index (χ3n) is 11.3. The first-order valence-corrected chi connectivity index (χ1v) is 22.6. The lowest BCUT2D eigenvalue weighted by atomic mass is 10.00. The Bertz CT molecular complexity index is 2660. The number of H-pyrrole nitrogens is 1. The van der Waals surface area contributed by atoms with Crippen LogP contribution in [0, 0.1) is 0 Å². The number of carbonyl (C=O) groups excluding carboxylic acids is 7. The molecule has 0 aliphatic rings. The molecule has 5 aromatic rings. The number of aromatic nitrogens is 3. The van der Waals surface area contributed by atoms with Crippen molar-refractivity contribution in [2.75, 3.05) is 6.54 Å². The van der Waals surface area contributed by atoms with E-state index in [9.17, 15) is 43.5 Å². The summed E-state index contributed by atoms with van der Waals surface area (Å²) < 4.78 is 0.970. The third-order valence-corrected chi connectivity index (χ3v) is 11.3. The molecular formula is C48H60N12O9. The van der Waals surface area contributed by atoms with Crippen molar-refractivity contribution < 1.29 is 43.5 Å². The van der Waals surface area contributed by atoms with Gasteiger partial charge < -0.3 is 58.7 Å².